The normalized spacial score (nSPS) is 11.2. The number of hydrogen-bond donors (Lipinski definition) is 2. The standard InChI is InChI=1S/C14H15N5S/c1-8(2)12-13(15)16-6-17-14(12)19-9-3-4-10-11(5-9)20-7-18-10/h3-8H,1-2H3,(H3,15,16,17,19). The molecule has 0 aliphatic rings. The van der Waals surface area contributed by atoms with Crippen molar-refractivity contribution >= 4 is 38.9 Å². The number of nitrogen functional groups attached to an aromatic ring is 1. The third-order valence-corrected chi connectivity index (χ3v) is 3.88. The van der Waals surface area contributed by atoms with Crippen molar-refractivity contribution in [2.75, 3.05) is 11.1 Å². The van der Waals surface area contributed by atoms with Crippen LogP contribution < -0.4 is 11.1 Å². The Morgan fingerprint density at radius 3 is 2.85 bits per heavy atom. The van der Waals surface area contributed by atoms with E-state index in [9.17, 15) is 0 Å². The summed E-state index contributed by atoms with van der Waals surface area (Å²) in [5.74, 6) is 1.54. The second kappa shape index (κ2) is 5.05. The first-order valence-electron chi connectivity index (χ1n) is 6.36. The minimum Gasteiger partial charge on any atom is -0.383 e. The zero-order valence-corrected chi connectivity index (χ0v) is 12.1. The fraction of sp³-hybridized carbons (Fsp3) is 0.214. The molecule has 0 radical (unpaired) electrons. The summed E-state index contributed by atoms with van der Waals surface area (Å²) < 4.78 is 1.14. The van der Waals surface area contributed by atoms with E-state index in [1.54, 1.807) is 11.3 Å². The number of rotatable bonds is 3. The summed E-state index contributed by atoms with van der Waals surface area (Å²) in [5.41, 5.74) is 10.7. The van der Waals surface area contributed by atoms with Gasteiger partial charge in [-0.25, -0.2) is 15.0 Å². The molecule has 3 rings (SSSR count). The fourth-order valence-corrected chi connectivity index (χ4v) is 2.86. The van der Waals surface area contributed by atoms with Crippen molar-refractivity contribution in [2.45, 2.75) is 19.8 Å². The van der Waals surface area contributed by atoms with E-state index in [0.29, 0.717) is 5.82 Å². The molecular weight excluding hydrogens is 270 g/mol. The number of thiazole rings is 1. The Labute approximate surface area is 120 Å². The quantitative estimate of drug-likeness (QED) is 0.769. The van der Waals surface area contributed by atoms with Crippen LogP contribution in [0.2, 0.25) is 0 Å². The molecule has 3 aromatic rings. The Morgan fingerprint density at radius 1 is 1.20 bits per heavy atom. The van der Waals surface area contributed by atoms with E-state index in [2.05, 4.69) is 40.2 Å². The molecule has 0 unspecified atom stereocenters. The van der Waals surface area contributed by atoms with Gasteiger partial charge in [0.1, 0.15) is 18.0 Å². The Hall–Kier alpha value is -2.21. The van der Waals surface area contributed by atoms with Gasteiger partial charge in [0.25, 0.3) is 0 Å². The zero-order chi connectivity index (χ0) is 14.1. The average molecular weight is 285 g/mol. The average Bonchev–Trinajstić information content (AvgIpc) is 2.85. The van der Waals surface area contributed by atoms with Crippen molar-refractivity contribution in [3.8, 4) is 0 Å². The van der Waals surface area contributed by atoms with Gasteiger partial charge < -0.3 is 11.1 Å². The summed E-state index contributed by atoms with van der Waals surface area (Å²) in [6.45, 7) is 4.15. The molecule has 0 spiro atoms. The molecule has 2 aromatic heterocycles. The molecule has 0 bridgehead atoms. The molecule has 0 atom stereocenters. The van der Waals surface area contributed by atoms with Gasteiger partial charge in [0.2, 0.25) is 0 Å². The van der Waals surface area contributed by atoms with Crippen molar-refractivity contribution in [1.29, 1.82) is 0 Å². The van der Waals surface area contributed by atoms with Crippen LogP contribution in [0.25, 0.3) is 10.2 Å². The lowest BCUT2D eigenvalue weighted by atomic mass is 10.0. The summed E-state index contributed by atoms with van der Waals surface area (Å²) in [6.07, 6.45) is 1.48. The summed E-state index contributed by atoms with van der Waals surface area (Å²) in [5, 5.41) is 3.32. The number of nitrogens with one attached hydrogen (secondary N) is 1. The highest BCUT2D eigenvalue weighted by atomic mass is 32.1. The van der Waals surface area contributed by atoms with E-state index in [4.69, 9.17) is 5.73 Å². The van der Waals surface area contributed by atoms with Gasteiger partial charge in [0.05, 0.1) is 15.7 Å². The molecule has 20 heavy (non-hydrogen) atoms. The molecule has 0 saturated carbocycles. The SMILES string of the molecule is CC(C)c1c(N)ncnc1Nc1ccc2ncsc2c1. The zero-order valence-electron chi connectivity index (χ0n) is 11.3. The van der Waals surface area contributed by atoms with Crippen LogP contribution in [0, 0.1) is 0 Å². The molecule has 2 heterocycles. The minimum atomic E-state index is 0.255. The van der Waals surface area contributed by atoms with Crippen LogP contribution in [0.15, 0.2) is 30.0 Å². The van der Waals surface area contributed by atoms with E-state index in [0.717, 1.165) is 27.3 Å². The van der Waals surface area contributed by atoms with Crippen molar-refractivity contribution in [2.24, 2.45) is 0 Å². The lowest BCUT2D eigenvalue weighted by molar-refractivity contribution is 0.855. The van der Waals surface area contributed by atoms with Crippen molar-refractivity contribution in [3.05, 3.63) is 35.6 Å². The third kappa shape index (κ3) is 2.30. The van der Waals surface area contributed by atoms with Gasteiger partial charge in [0.15, 0.2) is 0 Å². The van der Waals surface area contributed by atoms with Crippen LogP contribution in [-0.4, -0.2) is 15.0 Å². The van der Waals surface area contributed by atoms with Crippen molar-refractivity contribution < 1.29 is 0 Å². The number of anilines is 3. The van der Waals surface area contributed by atoms with Crippen LogP contribution >= 0.6 is 11.3 Å². The number of nitrogens with zero attached hydrogens (tertiary/aromatic N) is 3. The van der Waals surface area contributed by atoms with Gasteiger partial charge >= 0.3 is 0 Å². The first-order chi connectivity index (χ1) is 9.65. The van der Waals surface area contributed by atoms with E-state index < -0.39 is 0 Å². The van der Waals surface area contributed by atoms with Gasteiger partial charge in [-0.15, -0.1) is 11.3 Å². The fourth-order valence-electron chi connectivity index (χ4n) is 2.15. The first kappa shape index (κ1) is 12.8. The third-order valence-electron chi connectivity index (χ3n) is 3.09. The number of benzene rings is 1. The van der Waals surface area contributed by atoms with Crippen molar-refractivity contribution in [3.63, 3.8) is 0 Å². The summed E-state index contributed by atoms with van der Waals surface area (Å²) >= 11 is 1.62. The molecule has 6 heteroatoms. The van der Waals surface area contributed by atoms with Gasteiger partial charge in [-0.3, -0.25) is 0 Å². The molecule has 102 valence electrons. The molecule has 5 nitrogen and oxygen atoms in total. The Kier molecular flexibility index (Phi) is 3.23. The topological polar surface area (TPSA) is 76.7 Å². The Balaban J connectivity index is 2.00. The van der Waals surface area contributed by atoms with E-state index >= 15 is 0 Å². The van der Waals surface area contributed by atoms with Crippen LogP contribution in [0.4, 0.5) is 17.3 Å². The number of nitrogens with two attached hydrogens (primary N) is 1. The highest BCUT2D eigenvalue weighted by Crippen LogP contribution is 2.30. The maximum Gasteiger partial charge on any atom is 0.139 e. The van der Waals surface area contributed by atoms with Crippen LogP contribution in [0.5, 0.6) is 0 Å². The van der Waals surface area contributed by atoms with E-state index in [1.165, 1.54) is 6.33 Å². The molecule has 0 amide bonds. The minimum absolute atomic E-state index is 0.255. The van der Waals surface area contributed by atoms with Gasteiger partial charge in [-0.2, -0.15) is 0 Å². The first-order valence-corrected chi connectivity index (χ1v) is 7.23. The van der Waals surface area contributed by atoms with Crippen LogP contribution in [0.3, 0.4) is 0 Å². The van der Waals surface area contributed by atoms with Gasteiger partial charge in [-0.05, 0) is 24.1 Å². The molecule has 0 fully saturated rings. The summed E-state index contributed by atoms with van der Waals surface area (Å²) in [6, 6.07) is 6.05. The monoisotopic (exact) mass is 285 g/mol. The van der Waals surface area contributed by atoms with E-state index in [1.807, 2.05) is 17.6 Å². The summed E-state index contributed by atoms with van der Waals surface area (Å²) in [7, 11) is 0. The summed E-state index contributed by atoms with van der Waals surface area (Å²) in [4.78, 5) is 12.6. The molecule has 0 aliphatic heterocycles. The molecular formula is C14H15N5S. The maximum absolute atomic E-state index is 5.95. The molecule has 1 aromatic carbocycles. The lowest BCUT2D eigenvalue weighted by Gasteiger charge is -2.14. The van der Waals surface area contributed by atoms with Gasteiger partial charge in [-0.1, -0.05) is 13.8 Å². The highest BCUT2D eigenvalue weighted by molar-refractivity contribution is 7.16. The highest BCUT2D eigenvalue weighted by Gasteiger charge is 2.13. The van der Waals surface area contributed by atoms with Crippen LogP contribution in [-0.2, 0) is 0 Å². The predicted molar refractivity (Wildman–Crippen MR) is 83.4 cm³/mol. The second-order valence-corrected chi connectivity index (χ2v) is 5.72. The van der Waals surface area contributed by atoms with Crippen LogP contribution in [0.1, 0.15) is 25.3 Å². The maximum atomic E-state index is 5.95. The smallest absolute Gasteiger partial charge is 0.139 e. The molecule has 0 aliphatic carbocycles. The largest absolute Gasteiger partial charge is 0.383 e. The number of aromatic nitrogens is 3. The Morgan fingerprint density at radius 2 is 2.05 bits per heavy atom. The van der Waals surface area contributed by atoms with E-state index in [-0.39, 0.29) is 5.92 Å². The Bertz CT molecular complexity index is 750. The number of fused-ring (bicyclic) bond motifs is 1. The molecule has 0 saturated heterocycles. The van der Waals surface area contributed by atoms with Gasteiger partial charge in [0, 0.05) is 11.3 Å². The molecule has 3 N–H and O–H groups in total. The lowest BCUT2D eigenvalue weighted by Crippen LogP contribution is -2.06. The predicted octanol–water partition coefficient (Wildman–Crippen LogP) is 3.54. The van der Waals surface area contributed by atoms with Crippen molar-refractivity contribution in [1.82, 2.24) is 15.0 Å². The number of hydrogen-bond acceptors (Lipinski definition) is 6. The second-order valence-electron chi connectivity index (χ2n) is 4.84.